The number of phenolic OH excluding ortho intramolecular Hbond substituents is 2. The van der Waals surface area contributed by atoms with Crippen molar-refractivity contribution in [3.8, 4) is 11.5 Å². The van der Waals surface area contributed by atoms with Crippen LogP contribution in [0.25, 0.3) is 0 Å². The van der Waals surface area contributed by atoms with E-state index in [9.17, 15) is 15.0 Å². The molecule has 0 heterocycles. The molecule has 0 aliphatic rings. The molecule has 2 rings (SSSR count). The lowest BCUT2D eigenvalue weighted by molar-refractivity contribution is -0.143. The van der Waals surface area contributed by atoms with Crippen molar-refractivity contribution in [2.45, 2.75) is 53.4 Å². The Hall–Kier alpha value is -2.49. The minimum atomic E-state index is -0.197. The molecule has 0 aromatic heterocycles. The van der Waals surface area contributed by atoms with Crippen LogP contribution in [0.1, 0.15) is 51.7 Å². The summed E-state index contributed by atoms with van der Waals surface area (Å²) in [6, 6.07) is 13.9. The summed E-state index contributed by atoms with van der Waals surface area (Å²) in [7, 11) is 0. The van der Waals surface area contributed by atoms with Crippen molar-refractivity contribution in [1.29, 1.82) is 0 Å². The lowest BCUT2D eigenvalue weighted by atomic mass is 10.1. The average Bonchev–Trinajstić information content (AvgIpc) is 2.68. The van der Waals surface area contributed by atoms with Crippen LogP contribution in [0.5, 0.6) is 11.5 Å². The van der Waals surface area contributed by atoms with Gasteiger partial charge in [-0.25, -0.2) is 0 Å². The maximum Gasteiger partial charge on any atom is 0.305 e. The van der Waals surface area contributed by atoms with Crippen LogP contribution >= 0.6 is 0 Å². The van der Waals surface area contributed by atoms with E-state index in [2.05, 4.69) is 0 Å². The highest BCUT2D eigenvalue weighted by Gasteiger charge is 2.04. The molecule has 2 aromatic carbocycles. The fourth-order valence-corrected chi connectivity index (χ4v) is 2.12. The number of rotatable bonds is 7. The number of esters is 1. The third-order valence-corrected chi connectivity index (χ3v) is 3.37. The smallest absolute Gasteiger partial charge is 0.305 e. The molecule has 0 saturated heterocycles. The van der Waals surface area contributed by atoms with Crippen LogP contribution in [0.3, 0.4) is 0 Å². The summed E-state index contributed by atoms with van der Waals surface area (Å²) in [5.74, 6) is 0.282. The standard InChI is InChI=1S/C18H20O4.2C2H6/c19-16-8-4-14(5-9-16)2-1-3-18(21)22-13-12-15-6-10-17(20)11-7-15;2*1-2/h4-11,19-20H,1-3,12-13H2;2*1-2H3. The second-order valence-corrected chi connectivity index (χ2v) is 5.16. The quantitative estimate of drug-likeness (QED) is 0.661. The van der Waals surface area contributed by atoms with E-state index in [-0.39, 0.29) is 17.5 Å². The molecule has 0 fully saturated rings. The molecule has 4 nitrogen and oxygen atoms in total. The summed E-state index contributed by atoms with van der Waals surface area (Å²) in [5, 5.41) is 18.4. The molecule has 0 unspecified atom stereocenters. The summed E-state index contributed by atoms with van der Waals surface area (Å²) in [5.41, 5.74) is 2.12. The second kappa shape index (κ2) is 14.8. The molecule has 0 amide bonds. The average molecular weight is 360 g/mol. The summed E-state index contributed by atoms with van der Waals surface area (Å²) < 4.78 is 5.19. The first-order valence-corrected chi connectivity index (χ1v) is 9.35. The van der Waals surface area contributed by atoms with E-state index in [0.717, 1.165) is 24.0 Å². The van der Waals surface area contributed by atoms with E-state index in [1.165, 1.54) is 0 Å². The Morgan fingerprint density at radius 3 is 1.65 bits per heavy atom. The van der Waals surface area contributed by atoms with Crippen LogP contribution in [-0.4, -0.2) is 22.8 Å². The Balaban J connectivity index is 0.00000146. The predicted molar refractivity (Wildman–Crippen MR) is 107 cm³/mol. The van der Waals surface area contributed by atoms with E-state index >= 15 is 0 Å². The van der Waals surface area contributed by atoms with Crippen LogP contribution in [0, 0.1) is 0 Å². The zero-order valence-corrected chi connectivity index (χ0v) is 16.4. The Morgan fingerprint density at radius 2 is 1.19 bits per heavy atom. The van der Waals surface area contributed by atoms with Crippen molar-refractivity contribution in [2.24, 2.45) is 0 Å². The Bertz CT molecular complexity index is 535. The Morgan fingerprint density at radius 1 is 0.769 bits per heavy atom. The van der Waals surface area contributed by atoms with Gasteiger partial charge in [0.1, 0.15) is 11.5 Å². The molecule has 0 saturated carbocycles. The monoisotopic (exact) mass is 360 g/mol. The van der Waals surface area contributed by atoms with Crippen LogP contribution in [0.15, 0.2) is 48.5 Å². The van der Waals surface area contributed by atoms with Gasteiger partial charge in [-0.1, -0.05) is 52.0 Å². The highest BCUT2D eigenvalue weighted by Crippen LogP contribution is 2.12. The number of hydrogen-bond acceptors (Lipinski definition) is 4. The number of phenols is 2. The van der Waals surface area contributed by atoms with Crippen LogP contribution in [0.2, 0.25) is 0 Å². The van der Waals surface area contributed by atoms with E-state index in [1.54, 1.807) is 24.3 Å². The lowest BCUT2D eigenvalue weighted by Gasteiger charge is -2.05. The van der Waals surface area contributed by atoms with Crippen LogP contribution < -0.4 is 0 Å². The minimum absolute atomic E-state index is 0.197. The number of hydrogen-bond donors (Lipinski definition) is 2. The van der Waals surface area contributed by atoms with E-state index in [4.69, 9.17) is 4.74 Å². The minimum Gasteiger partial charge on any atom is -0.508 e. The van der Waals surface area contributed by atoms with Gasteiger partial charge in [-0.15, -0.1) is 0 Å². The fraction of sp³-hybridized carbons (Fsp3) is 0.409. The van der Waals surface area contributed by atoms with Gasteiger partial charge in [0.05, 0.1) is 6.61 Å². The largest absolute Gasteiger partial charge is 0.508 e. The van der Waals surface area contributed by atoms with Gasteiger partial charge in [-0.3, -0.25) is 4.79 Å². The number of carbonyl (C=O) groups excluding carboxylic acids is 1. The number of aryl methyl sites for hydroxylation is 1. The first-order valence-electron chi connectivity index (χ1n) is 9.35. The van der Waals surface area contributed by atoms with Crippen LogP contribution in [0.4, 0.5) is 0 Å². The normalized spacial score (nSPS) is 9.23. The molecule has 2 N–H and O–H groups in total. The van der Waals surface area contributed by atoms with Crippen molar-refractivity contribution < 1.29 is 19.7 Å². The van der Waals surface area contributed by atoms with E-state index in [1.807, 2.05) is 52.0 Å². The third-order valence-electron chi connectivity index (χ3n) is 3.37. The van der Waals surface area contributed by atoms with Gasteiger partial charge in [0.25, 0.3) is 0 Å². The van der Waals surface area contributed by atoms with E-state index in [0.29, 0.717) is 19.4 Å². The van der Waals surface area contributed by atoms with Crippen molar-refractivity contribution in [2.75, 3.05) is 6.61 Å². The zero-order chi connectivity index (χ0) is 19.8. The molecule has 4 heteroatoms. The molecule has 2 aromatic rings. The number of benzene rings is 2. The molecular formula is C22H32O4. The summed E-state index contributed by atoms with van der Waals surface area (Å²) in [6.07, 6.45) is 2.54. The van der Waals surface area contributed by atoms with Gasteiger partial charge in [0.15, 0.2) is 0 Å². The molecule has 0 aliphatic heterocycles. The molecule has 0 atom stereocenters. The third kappa shape index (κ3) is 10.4. The molecular weight excluding hydrogens is 328 g/mol. The summed E-state index contributed by atoms with van der Waals surface area (Å²) >= 11 is 0. The van der Waals surface area contributed by atoms with Gasteiger partial charge >= 0.3 is 5.97 Å². The number of carbonyl (C=O) groups is 1. The molecule has 0 radical (unpaired) electrons. The summed E-state index contributed by atoms with van der Waals surface area (Å²) in [4.78, 5) is 11.6. The number of ether oxygens (including phenoxy) is 1. The van der Waals surface area contributed by atoms with Crippen molar-refractivity contribution in [1.82, 2.24) is 0 Å². The number of aromatic hydroxyl groups is 2. The molecule has 144 valence electrons. The molecule has 0 bridgehead atoms. The van der Waals surface area contributed by atoms with Gasteiger partial charge in [-0.2, -0.15) is 0 Å². The predicted octanol–water partition coefficient (Wildman–Crippen LogP) is 5.26. The lowest BCUT2D eigenvalue weighted by Crippen LogP contribution is -2.08. The van der Waals surface area contributed by atoms with Crippen molar-refractivity contribution in [3.05, 3.63) is 59.7 Å². The maximum atomic E-state index is 11.6. The SMILES string of the molecule is CC.CC.O=C(CCCc1ccc(O)cc1)OCCc1ccc(O)cc1. The van der Waals surface area contributed by atoms with Gasteiger partial charge < -0.3 is 14.9 Å². The Labute approximate surface area is 157 Å². The molecule has 26 heavy (non-hydrogen) atoms. The first kappa shape index (κ1) is 23.5. The maximum absolute atomic E-state index is 11.6. The highest BCUT2D eigenvalue weighted by molar-refractivity contribution is 5.69. The fourth-order valence-electron chi connectivity index (χ4n) is 2.12. The van der Waals surface area contributed by atoms with Gasteiger partial charge in [0.2, 0.25) is 0 Å². The van der Waals surface area contributed by atoms with Crippen LogP contribution in [-0.2, 0) is 22.4 Å². The Kier molecular flexibility index (Phi) is 13.4. The van der Waals surface area contributed by atoms with Crippen molar-refractivity contribution >= 4 is 5.97 Å². The molecule has 0 aliphatic carbocycles. The topological polar surface area (TPSA) is 66.8 Å². The van der Waals surface area contributed by atoms with Crippen molar-refractivity contribution in [3.63, 3.8) is 0 Å². The van der Waals surface area contributed by atoms with E-state index < -0.39 is 0 Å². The second-order valence-electron chi connectivity index (χ2n) is 5.16. The molecule has 0 spiro atoms. The van der Waals surface area contributed by atoms with Gasteiger partial charge in [-0.05, 0) is 48.2 Å². The zero-order valence-electron chi connectivity index (χ0n) is 16.4. The first-order chi connectivity index (χ1) is 12.6. The highest BCUT2D eigenvalue weighted by atomic mass is 16.5. The van der Waals surface area contributed by atoms with Gasteiger partial charge in [0, 0.05) is 12.8 Å². The summed E-state index contributed by atoms with van der Waals surface area (Å²) in [6.45, 7) is 8.35.